The van der Waals surface area contributed by atoms with E-state index in [1.165, 1.54) is 10.4 Å². The Morgan fingerprint density at radius 3 is 2.51 bits per heavy atom. The van der Waals surface area contributed by atoms with Gasteiger partial charge in [-0.05, 0) is 68.0 Å². The highest BCUT2D eigenvalue weighted by atomic mass is 32.1. The molecule has 0 unspecified atom stereocenters. The number of piperidine rings is 1. The van der Waals surface area contributed by atoms with Gasteiger partial charge in [0.1, 0.15) is 5.69 Å². The Morgan fingerprint density at radius 2 is 1.89 bits per heavy atom. The third-order valence-corrected chi connectivity index (χ3v) is 8.09. The average molecular weight is 493 g/mol. The van der Waals surface area contributed by atoms with Crippen LogP contribution in [0.5, 0.6) is 0 Å². The number of nitrogens with zero attached hydrogens (tertiary/aromatic N) is 4. The fourth-order valence-electron chi connectivity index (χ4n) is 5.18. The first-order valence-corrected chi connectivity index (χ1v) is 13.4. The smallest absolute Gasteiger partial charge is 0.272 e. The van der Waals surface area contributed by atoms with Crippen LogP contribution >= 0.6 is 11.3 Å². The van der Waals surface area contributed by atoms with Crippen LogP contribution in [0.4, 0.5) is 0 Å². The van der Waals surface area contributed by atoms with Crippen molar-refractivity contribution in [2.24, 2.45) is 13.0 Å². The molecule has 2 aromatic heterocycles. The minimum atomic E-state index is 0.00103. The van der Waals surface area contributed by atoms with Gasteiger partial charge in [0, 0.05) is 44.5 Å². The molecule has 4 rings (SSSR count). The number of hydrogen-bond donors (Lipinski definition) is 0. The van der Waals surface area contributed by atoms with Crippen LogP contribution in [-0.4, -0.2) is 57.6 Å². The van der Waals surface area contributed by atoms with E-state index in [1.807, 2.05) is 43.0 Å². The number of aryl methyl sites for hydroxylation is 3. The van der Waals surface area contributed by atoms with E-state index in [-0.39, 0.29) is 17.9 Å². The van der Waals surface area contributed by atoms with E-state index in [9.17, 15) is 9.59 Å². The lowest BCUT2D eigenvalue weighted by molar-refractivity contribution is -0.133. The van der Waals surface area contributed by atoms with Gasteiger partial charge in [-0.3, -0.25) is 14.3 Å². The molecular weight excluding hydrogens is 456 g/mol. The normalized spacial score (nSPS) is 15.2. The van der Waals surface area contributed by atoms with Crippen molar-refractivity contribution >= 4 is 23.2 Å². The summed E-state index contributed by atoms with van der Waals surface area (Å²) < 4.78 is 1.67. The van der Waals surface area contributed by atoms with Gasteiger partial charge in [-0.2, -0.15) is 5.10 Å². The first-order valence-electron chi connectivity index (χ1n) is 12.5. The van der Waals surface area contributed by atoms with E-state index >= 15 is 0 Å². The maximum atomic E-state index is 13.4. The molecule has 6 nitrogen and oxygen atoms in total. The van der Waals surface area contributed by atoms with Gasteiger partial charge in [-0.1, -0.05) is 36.4 Å². The SMILES string of the molecule is Cc1cc(C(=O)N(C)[C@H](Cc2ccccc2)C2CCN(C(=O)CCCc3cccs3)CC2)n(C)n1. The maximum absolute atomic E-state index is 13.4. The average Bonchev–Trinajstić information content (AvgIpc) is 3.51. The molecule has 1 aliphatic heterocycles. The maximum Gasteiger partial charge on any atom is 0.272 e. The van der Waals surface area contributed by atoms with Gasteiger partial charge in [0.2, 0.25) is 5.91 Å². The monoisotopic (exact) mass is 492 g/mol. The lowest BCUT2D eigenvalue weighted by atomic mass is 9.84. The summed E-state index contributed by atoms with van der Waals surface area (Å²) in [5, 5.41) is 6.45. The van der Waals surface area contributed by atoms with Gasteiger partial charge < -0.3 is 9.80 Å². The molecule has 1 fully saturated rings. The zero-order chi connectivity index (χ0) is 24.8. The van der Waals surface area contributed by atoms with Crippen LogP contribution in [0.25, 0.3) is 0 Å². The number of carbonyl (C=O) groups excluding carboxylic acids is 2. The van der Waals surface area contributed by atoms with Crippen molar-refractivity contribution in [2.75, 3.05) is 20.1 Å². The summed E-state index contributed by atoms with van der Waals surface area (Å²) in [6.45, 7) is 3.44. The first kappa shape index (κ1) is 25.2. The molecule has 2 amide bonds. The third-order valence-electron chi connectivity index (χ3n) is 7.16. The van der Waals surface area contributed by atoms with Crippen molar-refractivity contribution < 1.29 is 9.59 Å². The third kappa shape index (κ3) is 6.40. The van der Waals surface area contributed by atoms with E-state index in [1.54, 1.807) is 16.0 Å². The first-order chi connectivity index (χ1) is 16.9. The number of hydrogen-bond acceptors (Lipinski definition) is 4. The summed E-state index contributed by atoms with van der Waals surface area (Å²) in [6.07, 6.45) is 5.11. The van der Waals surface area contributed by atoms with Gasteiger partial charge >= 0.3 is 0 Å². The standard InChI is InChI=1S/C28H36N4O2S/c1-21-19-26(31(3)29-21)28(34)30(2)25(20-22-9-5-4-6-10-22)23-14-16-32(17-15-23)27(33)13-7-11-24-12-8-18-35-24/h4-6,8-10,12,18-19,23,25H,7,11,13-17,20H2,1-3H3/t25-/m1/s1. The van der Waals surface area contributed by atoms with Crippen molar-refractivity contribution in [1.29, 1.82) is 0 Å². The molecule has 0 saturated carbocycles. The fourth-order valence-corrected chi connectivity index (χ4v) is 5.93. The summed E-state index contributed by atoms with van der Waals surface area (Å²) in [6, 6.07) is 16.5. The highest BCUT2D eigenvalue weighted by Crippen LogP contribution is 2.28. The van der Waals surface area contributed by atoms with E-state index in [2.05, 4.69) is 46.9 Å². The molecule has 0 bridgehead atoms. The van der Waals surface area contributed by atoms with Gasteiger partial charge in [0.25, 0.3) is 5.91 Å². The second-order valence-corrected chi connectivity index (χ2v) is 10.7. The minimum Gasteiger partial charge on any atom is -0.343 e. The molecule has 1 saturated heterocycles. The summed E-state index contributed by atoms with van der Waals surface area (Å²) in [5.74, 6) is 0.601. The number of aromatic nitrogens is 2. The number of amides is 2. The highest BCUT2D eigenvalue weighted by molar-refractivity contribution is 7.09. The highest BCUT2D eigenvalue weighted by Gasteiger charge is 2.33. The molecule has 0 radical (unpaired) electrons. The van der Waals surface area contributed by atoms with Crippen molar-refractivity contribution in [3.8, 4) is 0 Å². The van der Waals surface area contributed by atoms with Crippen LogP contribution in [0.1, 0.15) is 52.3 Å². The predicted octanol–water partition coefficient (Wildman–Crippen LogP) is 4.73. The Morgan fingerprint density at radius 1 is 1.14 bits per heavy atom. The molecule has 3 heterocycles. The Balaban J connectivity index is 1.39. The van der Waals surface area contributed by atoms with E-state index in [0.717, 1.165) is 50.9 Å². The Labute approximate surface area is 212 Å². The van der Waals surface area contributed by atoms with Gasteiger partial charge in [-0.15, -0.1) is 11.3 Å². The summed E-state index contributed by atoms with van der Waals surface area (Å²) in [4.78, 5) is 31.5. The topological polar surface area (TPSA) is 58.4 Å². The largest absolute Gasteiger partial charge is 0.343 e. The molecule has 0 spiro atoms. The molecule has 1 aromatic carbocycles. The Kier molecular flexibility index (Phi) is 8.39. The molecule has 3 aromatic rings. The van der Waals surface area contributed by atoms with Crippen LogP contribution in [0.3, 0.4) is 0 Å². The van der Waals surface area contributed by atoms with E-state index in [0.29, 0.717) is 18.0 Å². The van der Waals surface area contributed by atoms with Crippen LogP contribution in [0.2, 0.25) is 0 Å². The summed E-state index contributed by atoms with van der Waals surface area (Å²) >= 11 is 1.76. The van der Waals surface area contributed by atoms with E-state index in [4.69, 9.17) is 0 Å². The predicted molar refractivity (Wildman–Crippen MR) is 141 cm³/mol. The second kappa shape index (κ2) is 11.7. The Hall–Kier alpha value is -2.93. The van der Waals surface area contributed by atoms with Crippen molar-refractivity contribution in [1.82, 2.24) is 19.6 Å². The van der Waals surface area contributed by atoms with Gasteiger partial charge in [0.05, 0.1) is 5.69 Å². The molecule has 1 atom stereocenters. The second-order valence-electron chi connectivity index (χ2n) is 9.62. The molecular formula is C28H36N4O2S. The van der Waals surface area contributed by atoms with Crippen molar-refractivity contribution in [3.63, 3.8) is 0 Å². The zero-order valence-electron chi connectivity index (χ0n) is 21.0. The summed E-state index contributed by atoms with van der Waals surface area (Å²) in [7, 11) is 3.74. The molecule has 0 N–H and O–H groups in total. The van der Waals surface area contributed by atoms with Crippen LogP contribution in [0.15, 0.2) is 53.9 Å². The fraction of sp³-hybridized carbons (Fsp3) is 0.464. The number of benzene rings is 1. The van der Waals surface area contributed by atoms with Crippen molar-refractivity contribution in [3.05, 3.63) is 75.7 Å². The number of likely N-dealkylation sites (tertiary alicyclic amines) is 1. The van der Waals surface area contributed by atoms with Gasteiger partial charge in [-0.25, -0.2) is 0 Å². The number of thiophene rings is 1. The van der Waals surface area contributed by atoms with Gasteiger partial charge in [0.15, 0.2) is 0 Å². The van der Waals surface area contributed by atoms with Crippen LogP contribution in [-0.2, 0) is 24.7 Å². The number of likely N-dealkylation sites (N-methyl/N-ethyl adjacent to an activating group) is 1. The van der Waals surface area contributed by atoms with Crippen molar-refractivity contribution in [2.45, 2.75) is 51.5 Å². The minimum absolute atomic E-state index is 0.00103. The zero-order valence-corrected chi connectivity index (χ0v) is 21.8. The summed E-state index contributed by atoms with van der Waals surface area (Å²) in [5.41, 5.74) is 2.68. The molecule has 1 aliphatic rings. The number of carbonyl (C=O) groups is 2. The molecule has 0 aliphatic carbocycles. The molecule has 186 valence electrons. The molecule has 7 heteroatoms. The lowest BCUT2D eigenvalue weighted by Gasteiger charge is -2.40. The van der Waals surface area contributed by atoms with Crippen LogP contribution in [0, 0.1) is 12.8 Å². The lowest BCUT2D eigenvalue weighted by Crippen LogP contribution is -2.48. The Bertz CT molecular complexity index is 1100. The van der Waals surface area contributed by atoms with E-state index < -0.39 is 0 Å². The number of rotatable bonds is 9. The quantitative estimate of drug-likeness (QED) is 0.434. The molecule has 35 heavy (non-hydrogen) atoms. The van der Waals surface area contributed by atoms with Crippen LogP contribution < -0.4 is 0 Å².